The van der Waals surface area contributed by atoms with Crippen molar-refractivity contribution in [3.63, 3.8) is 0 Å². The van der Waals surface area contributed by atoms with Crippen molar-refractivity contribution in [3.05, 3.63) is 83.8 Å². The number of carbonyl (C=O) groups excluding carboxylic acids is 1. The molecule has 1 N–H and O–H groups in total. The van der Waals surface area contributed by atoms with Crippen molar-refractivity contribution in [2.24, 2.45) is 0 Å². The van der Waals surface area contributed by atoms with Crippen LogP contribution in [0.25, 0.3) is 0 Å². The van der Waals surface area contributed by atoms with Crippen LogP contribution in [0.2, 0.25) is 0 Å². The van der Waals surface area contributed by atoms with Gasteiger partial charge in [-0.3, -0.25) is 4.79 Å². The summed E-state index contributed by atoms with van der Waals surface area (Å²) in [6.45, 7) is 4.03. The van der Waals surface area contributed by atoms with Crippen molar-refractivity contribution >= 4 is 11.7 Å². The van der Waals surface area contributed by atoms with Crippen molar-refractivity contribution < 1.29 is 4.79 Å². The van der Waals surface area contributed by atoms with Crippen LogP contribution in [0.15, 0.2) is 67.1 Å². The van der Waals surface area contributed by atoms with Gasteiger partial charge in [0.05, 0.1) is 12.5 Å². The smallest absolute Gasteiger partial charge is 0.227 e. The average molecular weight is 319 g/mol. The Morgan fingerprint density at radius 1 is 1.08 bits per heavy atom. The highest BCUT2D eigenvalue weighted by molar-refractivity contribution is 5.90. The first-order chi connectivity index (χ1) is 11.6. The summed E-state index contributed by atoms with van der Waals surface area (Å²) in [6.07, 6.45) is 6.09. The number of aryl methyl sites for hydroxylation is 2. The van der Waals surface area contributed by atoms with Crippen LogP contribution in [-0.2, 0) is 4.79 Å². The van der Waals surface area contributed by atoms with Gasteiger partial charge >= 0.3 is 0 Å². The molecule has 0 fully saturated rings. The summed E-state index contributed by atoms with van der Waals surface area (Å²) in [5.74, 6) is 0.535. The van der Waals surface area contributed by atoms with Gasteiger partial charge in [0.15, 0.2) is 0 Å². The number of pyridine rings is 1. The minimum atomic E-state index is -0.0495. The number of aromatic nitrogens is 2. The fraction of sp³-hybridized carbons (Fsp3) is 0.200. The molecule has 0 aliphatic rings. The number of nitrogens with zero attached hydrogens (tertiary/aromatic N) is 2. The van der Waals surface area contributed by atoms with E-state index >= 15 is 0 Å². The van der Waals surface area contributed by atoms with E-state index in [0.29, 0.717) is 12.2 Å². The van der Waals surface area contributed by atoms with E-state index in [4.69, 9.17) is 0 Å². The maximum absolute atomic E-state index is 12.5. The van der Waals surface area contributed by atoms with Crippen molar-refractivity contribution in [1.29, 1.82) is 0 Å². The van der Waals surface area contributed by atoms with E-state index in [1.54, 1.807) is 6.20 Å². The molecule has 1 aromatic carbocycles. The molecule has 3 rings (SSSR count). The highest BCUT2D eigenvalue weighted by atomic mass is 16.1. The maximum atomic E-state index is 12.5. The number of hydrogen-bond acceptors (Lipinski definition) is 2. The lowest BCUT2D eigenvalue weighted by atomic mass is 10.0. The highest BCUT2D eigenvalue weighted by Crippen LogP contribution is 2.23. The molecule has 4 nitrogen and oxygen atoms in total. The van der Waals surface area contributed by atoms with Gasteiger partial charge in [-0.2, -0.15) is 0 Å². The van der Waals surface area contributed by atoms with Crippen LogP contribution in [0.3, 0.4) is 0 Å². The molecule has 122 valence electrons. The summed E-state index contributed by atoms with van der Waals surface area (Å²) in [4.78, 5) is 16.7. The number of nitrogens with one attached hydrogen (secondary N) is 1. The monoisotopic (exact) mass is 319 g/mol. The lowest BCUT2D eigenvalue weighted by molar-refractivity contribution is -0.116. The van der Waals surface area contributed by atoms with Crippen LogP contribution in [0.1, 0.15) is 29.2 Å². The molecule has 0 aliphatic heterocycles. The number of hydrogen-bond donors (Lipinski definition) is 1. The third-order valence-corrected chi connectivity index (χ3v) is 3.97. The van der Waals surface area contributed by atoms with Crippen LogP contribution in [0, 0.1) is 13.8 Å². The Kier molecular flexibility index (Phi) is 4.75. The van der Waals surface area contributed by atoms with Crippen molar-refractivity contribution in [1.82, 2.24) is 9.55 Å². The maximum Gasteiger partial charge on any atom is 0.227 e. The Hall–Kier alpha value is -2.88. The van der Waals surface area contributed by atoms with Gasteiger partial charge in [0, 0.05) is 18.6 Å². The topological polar surface area (TPSA) is 46.9 Å². The zero-order chi connectivity index (χ0) is 16.9. The van der Waals surface area contributed by atoms with E-state index in [1.165, 1.54) is 5.56 Å². The Labute approximate surface area is 142 Å². The van der Waals surface area contributed by atoms with E-state index < -0.39 is 0 Å². The molecule has 4 heteroatoms. The molecule has 24 heavy (non-hydrogen) atoms. The third kappa shape index (κ3) is 3.90. The van der Waals surface area contributed by atoms with E-state index in [1.807, 2.05) is 49.6 Å². The van der Waals surface area contributed by atoms with Crippen LogP contribution in [0.4, 0.5) is 5.82 Å². The number of amides is 1. The minimum Gasteiger partial charge on any atom is -0.346 e. The molecule has 0 saturated heterocycles. The summed E-state index contributed by atoms with van der Waals surface area (Å²) >= 11 is 0. The fourth-order valence-electron chi connectivity index (χ4n) is 2.74. The van der Waals surface area contributed by atoms with Gasteiger partial charge in [-0.25, -0.2) is 4.98 Å². The number of rotatable bonds is 5. The molecule has 2 aromatic heterocycles. The van der Waals surface area contributed by atoms with Gasteiger partial charge in [0.1, 0.15) is 5.82 Å². The fourth-order valence-corrected chi connectivity index (χ4v) is 2.74. The molecule has 0 aliphatic carbocycles. The molecule has 2 heterocycles. The second-order valence-corrected chi connectivity index (χ2v) is 6.03. The molecule has 1 unspecified atom stereocenters. The normalized spacial score (nSPS) is 11.9. The summed E-state index contributed by atoms with van der Waals surface area (Å²) in [7, 11) is 0. The molecule has 0 bridgehead atoms. The molecule has 0 saturated carbocycles. The third-order valence-electron chi connectivity index (χ3n) is 3.97. The van der Waals surface area contributed by atoms with Crippen LogP contribution in [0.5, 0.6) is 0 Å². The van der Waals surface area contributed by atoms with E-state index in [9.17, 15) is 4.79 Å². The molecular formula is C20H21N3O. The molecule has 0 radical (unpaired) electrons. The number of benzene rings is 1. The van der Waals surface area contributed by atoms with E-state index in [-0.39, 0.29) is 11.9 Å². The first-order valence-corrected chi connectivity index (χ1v) is 8.03. The Morgan fingerprint density at radius 2 is 1.88 bits per heavy atom. The summed E-state index contributed by atoms with van der Waals surface area (Å²) in [5, 5.41) is 2.88. The standard InChI is InChI=1S/C20H21N3O/c1-15-6-5-7-17(12-15)18(23-10-3-4-11-23)13-20(24)22-19-9-8-16(2)14-21-19/h3-12,14,18H,13H2,1-2H3,(H,21,22,24). The number of carbonyl (C=O) groups is 1. The Balaban J connectivity index is 1.79. The zero-order valence-corrected chi connectivity index (χ0v) is 13.9. The van der Waals surface area contributed by atoms with Crippen LogP contribution >= 0.6 is 0 Å². The Bertz CT molecular complexity index is 807. The first-order valence-electron chi connectivity index (χ1n) is 8.03. The van der Waals surface area contributed by atoms with Gasteiger partial charge in [0.2, 0.25) is 5.91 Å². The van der Waals surface area contributed by atoms with Crippen molar-refractivity contribution in [2.45, 2.75) is 26.3 Å². The second-order valence-electron chi connectivity index (χ2n) is 6.03. The van der Waals surface area contributed by atoms with Crippen LogP contribution in [-0.4, -0.2) is 15.5 Å². The molecule has 1 atom stereocenters. The number of anilines is 1. The minimum absolute atomic E-state index is 0.0367. The lowest BCUT2D eigenvalue weighted by Crippen LogP contribution is -2.20. The first kappa shape index (κ1) is 16.0. The lowest BCUT2D eigenvalue weighted by Gasteiger charge is -2.19. The summed E-state index contributed by atoms with van der Waals surface area (Å²) in [6, 6.07) is 16.0. The SMILES string of the molecule is Cc1ccc(NC(=O)CC(c2cccc(C)c2)n2cccc2)nc1. The second kappa shape index (κ2) is 7.13. The molecular weight excluding hydrogens is 298 g/mol. The van der Waals surface area contributed by atoms with Gasteiger partial charge in [0.25, 0.3) is 0 Å². The van der Waals surface area contributed by atoms with E-state index in [2.05, 4.69) is 40.0 Å². The zero-order valence-electron chi connectivity index (χ0n) is 13.9. The predicted octanol–water partition coefficient (Wildman–Crippen LogP) is 4.12. The molecule has 1 amide bonds. The quantitative estimate of drug-likeness (QED) is 0.769. The predicted molar refractivity (Wildman–Crippen MR) is 96.0 cm³/mol. The van der Waals surface area contributed by atoms with Gasteiger partial charge < -0.3 is 9.88 Å². The van der Waals surface area contributed by atoms with Gasteiger partial charge in [-0.05, 0) is 43.2 Å². The van der Waals surface area contributed by atoms with Crippen molar-refractivity contribution in [2.75, 3.05) is 5.32 Å². The van der Waals surface area contributed by atoms with Crippen molar-refractivity contribution in [3.8, 4) is 0 Å². The van der Waals surface area contributed by atoms with Gasteiger partial charge in [-0.15, -0.1) is 0 Å². The molecule has 0 spiro atoms. The molecule has 3 aromatic rings. The van der Waals surface area contributed by atoms with Crippen LogP contribution < -0.4 is 5.32 Å². The van der Waals surface area contributed by atoms with E-state index in [0.717, 1.165) is 11.1 Å². The Morgan fingerprint density at radius 3 is 2.54 bits per heavy atom. The average Bonchev–Trinajstić information content (AvgIpc) is 3.09. The largest absolute Gasteiger partial charge is 0.346 e. The summed E-state index contributed by atoms with van der Waals surface area (Å²) in [5.41, 5.74) is 3.38. The van der Waals surface area contributed by atoms with Gasteiger partial charge in [-0.1, -0.05) is 35.9 Å². The summed E-state index contributed by atoms with van der Waals surface area (Å²) < 4.78 is 2.07. The highest BCUT2D eigenvalue weighted by Gasteiger charge is 2.17.